The molecule has 1 unspecified atom stereocenters. The number of anilines is 1. The fraction of sp³-hybridized carbons (Fsp3) is 0.158. The maximum absolute atomic E-state index is 13.2. The van der Waals surface area contributed by atoms with Crippen LogP contribution < -0.4 is 10.1 Å². The third kappa shape index (κ3) is 6.56. The molecule has 1 aliphatic heterocycles. The number of aliphatic carboxylic acids is 1. The molecular formula is C38H34N2O4. The average molecular weight is 583 g/mol. The van der Waals surface area contributed by atoms with Crippen LogP contribution in [0.3, 0.4) is 0 Å². The van der Waals surface area contributed by atoms with Crippen molar-refractivity contribution >= 4 is 17.4 Å². The van der Waals surface area contributed by atoms with E-state index < -0.39 is 12.0 Å². The Kier molecular flexibility index (Phi) is 8.80. The highest BCUT2D eigenvalue weighted by Crippen LogP contribution is 2.36. The SMILES string of the molecule is O=C(c1ccccc1)c1ccccc1N[C@@H](Cc1ccc(OC2CCN2C(c2ccccc2)c2ccccc2)cc1)C(=O)O. The number of para-hydroxylation sites is 1. The van der Waals surface area contributed by atoms with Crippen LogP contribution in [0.2, 0.25) is 0 Å². The van der Waals surface area contributed by atoms with Crippen molar-refractivity contribution in [3.63, 3.8) is 0 Å². The maximum atomic E-state index is 13.2. The van der Waals surface area contributed by atoms with Crippen molar-refractivity contribution in [1.82, 2.24) is 4.90 Å². The van der Waals surface area contributed by atoms with Gasteiger partial charge in [-0.25, -0.2) is 4.79 Å². The lowest BCUT2D eigenvalue weighted by molar-refractivity contribution is -0.137. The predicted octanol–water partition coefficient (Wildman–Crippen LogP) is 7.23. The van der Waals surface area contributed by atoms with Crippen LogP contribution in [0, 0.1) is 0 Å². The van der Waals surface area contributed by atoms with E-state index in [1.807, 2.05) is 54.6 Å². The lowest BCUT2D eigenvalue weighted by Gasteiger charge is -2.45. The minimum Gasteiger partial charge on any atom is -0.480 e. The molecule has 1 fully saturated rings. The Bertz CT molecular complexity index is 1650. The zero-order valence-electron chi connectivity index (χ0n) is 24.3. The van der Waals surface area contributed by atoms with Gasteiger partial charge in [-0.3, -0.25) is 9.69 Å². The van der Waals surface area contributed by atoms with Gasteiger partial charge in [0.2, 0.25) is 0 Å². The second-order valence-corrected chi connectivity index (χ2v) is 10.9. The van der Waals surface area contributed by atoms with Crippen LogP contribution in [0.15, 0.2) is 140 Å². The monoisotopic (exact) mass is 582 g/mol. The normalized spacial score (nSPS) is 15.2. The number of carboxylic acid groups (broad SMARTS) is 1. The molecule has 0 bridgehead atoms. The van der Waals surface area contributed by atoms with Crippen molar-refractivity contribution in [2.45, 2.75) is 31.2 Å². The highest BCUT2D eigenvalue weighted by molar-refractivity contribution is 6.12. The Morgan fingerprint density at radius 3 is 1.89 bits per heavy atom. The number of ketones is 1. The van der Waals surface area contributed by atoms with Gasteiger partial charge < -0.3 is 15.2 Å². The summed E-state index contributed by atoms with van der Waals surface area (Å²) in [5, 5.41) is 13.1. The molecule has 6 nitrogen and oxygen atoms in total. The lowest BCUT2D eigenvalue weighted by Crippen LogP contribution is -2.52. The molecule has 5 aromatic carbocycles. The van der Waals surface area contributed by atoms with E-state index in [-0.39, 0.29) is 24.5 Å². The van der Waals surface area contributed by atoms with Crippen LogP contribution in [0.25, 0.3) is 0 Å². The van der Waals surface area contributed by atoms with Crippen LogP contribution >= 0.6 is 0 Å². The summed E-state index contributed by atoms with van der Waals surface area (Å²) in [5.41, 5.74) is 4.77. The average Bonchev–Trinajstić information content (AvgIpc) is 3.07. The van der Waals surface area contributed by atoms with E-state index in [1.54, 1.807) is 36.4 Å². The van der Waals surface area contributed by atoms with E-state index in [0.717, 1.165) is 24.3 Å². The van der Waals surface area contributed by atoms with Gasteiger partial charge in [-0.1, -0.05) is 115 Å². The zero-order valence-corrected chi connectivity index (χ0v) is 24.3. The molecule has 0 amide bonds. The first-order chi connectivity index (χ1) is 21.6. The molecule has 0 radical (unpaired) electrons. The van der Waals surface area contributed by atoms with Gasteiger partial charge in [-0.05, 0) is 41.0 Å². The zero-order chi connectivity index (χ0) is 30.3. The van der Waals surface area contributed by atoms with E-state index in [2.05, 4.69) is 58.7 Å². The third-order valence-electron chi connectivity index (χ3n) is 8.04. The highest BCUT2D eigenvalue weighted by Gasteiger charge is 2.37. The number of carbonyl (C=O) groups excluding carboxylic acids is 1. The summed E-state index contributed by atoms with van der Waals surface area (Å²) < 4.78 is 6.43. The lowest BCUT2D eigenvalue weighted by atomic mass is 9.94. The summed E-state index contributed by atoms with van der Waals surface area (Å²) in [7, 11) is 0. The van der Waals surface area contributed by atoms with Crippen LogP contribution in [0.4, 0.5) is 5.69 Å². The number of rotatable bonds is 12. The molecule has 220 valence electrons. The van der Waals surface area contributed by atoms with Crippen molar-refractivity contribution in [2.75, 3.05) is 11.9 Å². The first-order valence-corrected chi connectivity index (χ1v) is 14.9. The molecule has 2 N–H and O–H groups in total. The molecule has 1 saturated heterocycles. The first-order valence-electron chi connectivity index (χ1n) is 14.9. The van der Waals surface area contributed by atoms with E-state index in [9.17, 15) is 14.7 Å². The molecule has 44 heavy (non-hydrogen) atoms. The van der Waals surface area contributed by atoms with Crippen molar-refractivity contribution in [3.05, 3.63) is 167 Å². The quantitative estimate of drug-likeness (QED) is 0.151. The molecular weight excluding hydrogens is 548 g/mol. The first kappa shape index (κ1) is 28.9. The largest absolute Gasteiger partial charge is 0.480 e. The van der Waals surface area contributed by atoms with Crippen LogP contribution in [-0.2, 0) is 11.2 Å². The number of nitrogens with zero attached hydrogens (tertiary/aromatic N) is 1. The van der Waals surface area contributed by atoms with Gasteiger partial charge >= 0.3 is 5.97 Å². The number of hydrogen-bond acceptors (Lipinski definition) is 5. The number of likely N-dealkylation sites (tertiary alicyclic amines) is 1. The van der Waals surface area contributed by atoms with Crippen LogP contribution in [0.1, 0.15) is 45.1 Å². The summed E-state index contributed by atoms with van der Waals surface area (Å²) in [4.78, 5) is 27.8. The van der Waals surface area contributed by atoms with Crippen molar-refractivity contribution < 1.29 is 19.4 Å². The molecule has 6 heteroatoms. The van der Waals surface area contributed by atoms with Gasteiger partial charge in [0.15, 0.2) is 12.0 Å². The Labute approximate surface area is 257 Å². The second kappa shape index (κ2) is 13.4. The Balaban J connectivity index is 1.13. The molecule has 1 heterocycles. The van der Waals surface area contributed by atoms with E-state index in [0.29, 0.717) is 16.8 Å². The van der Waals surface area contributed by atoms with Gasteiger partial charge in [0.1, 0.15) is 11.8 Å². The van der Waals surface area contributed by atoms with Gasteiger partial charge in [0, 0.05) is 36.2 Å². The van der Waals surface area contributed by atoms with Crippen LogP contribution in [0.5, 0.6) is 5.75 Å². The van der Waals surface area contributed by atoms with E-state index in [4.69, 9.17) is 4.74 Å². The van der Waals surface area contributed by atoms with Crippen molar-refractivity contribution in [2.24, 2.45) is 0 Å². The Morgan fingerprint density at radius 2 is 1.32 bits per heavy atom. The number of benzene rings is 5. The molecule has 2 atom stereocenters. The highest BCUT2D eigenvalue weighted by atomic mass is 16.5. The van der Waals surface area contributed by atoms with Crippen LogP contribution in [-0.4, -0.2) is 40.6 Å². The second-order valence-electron chi connectivity index (χ2n) is 10.9. The van der Waals surface area contributed by atoms with Gasteiger partial charge in [0.05, 0.1) is 6.04 Å². The molecule has 0 spiro atoms. The number of ether oxygens (including phenoxy) is 1. The topological polar surface area (TPSA) is 78.9 Å². The number of nitrogens with one attached hydrogen (secondary N) is 1. The smallest absolute Gasteiger partial charge is 0.326 e. The summed E-state index contributed by atoms with van der Waals surface area (Å²) in [6.45, 7) is 0.928. The standard InChI is InChI=1S/C38H34N2O4/c41-37(30-16-8-3-9-17-30)32-18-10-11-19-33(32)39-34(38(42)43)26-27-20-22-31(23-21-27)44-35-24-25-40(35)36(28-12-4-1-5-13-28)29-14-6-2-7-15-29/h1-23,34-36,39H,24-26H2,(H,42,43)/t34-,35?/m0/s1. The van der Waals surface area contributed by atoms with Crippen molar-refractivity contribution in [3.8, 4) is 5.75 Å². The van der Waals surface area contributed by atoms with Gasteiger partial charge in [-0.2, -0.15) is 0 Å². The van der Waals surface area contributed by atoms with Gasteiger partial charge in [0.25, 0.3) is 0 Å². The van der Waals surface area contributed by atoms with E-state index >= 15 is 0 Å². The van der Waals surface area contributed by atoms with E-state index in [1.165, 1.54) is 11.1 Å². The summed E-state index contributed by atoms with van der Waals surface area (Å²) >= 11 is 0. The molecule has 6 rings (SSSR count). The summed E-state index contributed by atoms with van der Waals surface area (Å²) in [5.74, 6) is -0.418. The minimum atomic E-state index is -0.995. The third-order valence-corrected chi connectivity index (χ3v) is 8.04. The number of carboxylic acids is 1. The molecule has 0 aromatic heterocycles. The summed E-state index contributed by atoms with van der Waals surface area (Å²) in [6, 6.07) is 43.8. The fourth-order valence-electron chi connectivity index (χ4n) is 5.69. The van der Waals surface area contributed by atoms with Crippen molar-refractivity contribution in [1.29, 1.82) is 0 Å². The molecule has 1 aliphatic rings. The van der Waals surface area contributed by atoms with Gasteiger partial charge in [-0.15, -0.1) is 0 Å². The minimum absolute atomic E-state index is 0.0710. The Morgan fingerprint density at radius 1 is 0.750 bits per heavy atom. The predicted molar refractivity (Wildman–Crippen MR) is 172 cm³/mol. The maximum Gasteiger partial charge on any atom is 0.326 e. The number of carbonyl (C=O) groups is 2. The molecule has 0 saturated carbocycles. The molecule has 5 aromatic rings. The fourth-order valence-corrected chi connectivity index (χ4v) is 5.69. The molecule has 0 aliphatic carbocycles. The Hall–Kier alpha value is -5.20. The summed E-state index contributed by atoms with van der Waals surface area (Å²) in [6.07, 6.45) is 1.09. The number of hydrogen-bond donors (Lipinski definition) is 2.